The molecule has 21 nitrogen and oxygen atoms in total. The number of fused-ring (bicyclic) bond motifs is 4. The standard InChI is InChI=1S/C17H20ClN5O3S.C10H12N4O6S.C10H16O3.ClH/c1-5-8-6-9(11-10(8)25-17(2,3)26-11)23-14-12(27-16(23)24)13(18)21-15(22-14)20-7-19-4;11-9-12-6-5(7(18)13-9)21-10(19)14(6)8-4(17)3(16)2(1-15)20-8;1-4-6-5-7(11)9-8(6)12-10(2,3)13-9;/h5,7-11H,1,6H2,2-4H3,(H,19,20,21,22);2-4,8,15-17H,1H2,(H3,11,12,13,18);4,6-9,11H,1,5H2,2-3H3;1H/t8-,9?,10+,11-;2?,3-,4-,8?;6-,7-,8+,9-;/m010./s1. The van der Waals surface area contributed by atoms with Gasteiger partial charge in [0.25, 0.3) is 5.56 Å². The van der Waals surface area contributed by atoms with Gasteiger partial charge in [-0.1, -0.05) is 46.4 Å². The van der Waals surface area contributed by atoms with E-state index in [0.29, 0.717) is 34.5 Å². The third-order valence-electron chi connectivity index (χ3n) is 10.9. The summed E-state index contributed by atoms with van der Waals surface area (Å²) >= 11 is 7.95. The minimum absolute atomic E-state index is 0. The maximum Gasteiger partial charge on any atom is 0.311 e. The summed E-state index contributed by atoms with van der Waals surface area (Å²) < 4.78 is 32.0. The lowest BCUT2D eigenvalue weighted by Gasteiger charge is -2.23. The third-order valence-corrected chi connectivity index (χ3v) is 13.2. The first-order chi connectivity index (χ1) is 28.8. The number of aliphatic hydroxyl groups is 4. The zero-order valence-electron chi connectivity index (χ0n) is 34.1. The zero-order valence-corrected chi connectivity index (χ0v) is 37.3. The lowest BCUT2D eigenvalue weighted by atomic mass is 10.1. The van der Waals surface area contributed by atoms with E-state index < -0.39 is 59.3 Å². The molecule has 4 aromatic heterocycles. The van der Waals surface area contributed by atoms with Crippen molar-refractivity contribution in [2.45, 2.75) is 113 Å². The number of hydrogen-bond donors (Lipinski definition) is 7. The summed E-state index contributed by atoms with van der Waals surface area (Å²) in [6, 6.07) is -0.223. The van der Waals surface area contributed by atoms with Crippen LogP contribution in [0.2, 0.25) is 5.15 Å². The van der Waals surface area contributed by atoms with E-state index in [1.165, 1.54) is 6.34 Å². The van der Waals surface area contributed by atoms with Gasteiger partial charge in [-0.25, -0.2) is 0 Å². The SMILES string of the molecule is C=C[C@H]1CC(n2c(=O)sc3c(Cl)nc(NC=NC)nc32)[C@@H]2OC(C)(C)O[C@H]12.C=C[C@H]1C[C@H](O)[C@@H]2OC(C)(C)O[C@@H]21.Cl.Nc1nc2c(sc(=O)n2C2OC(CO)[C@@H](O)[C@H]2O)c(=O)[nH]1. The van der Waals surface area contributed by atoms with Crippen molar-refractivity contribution in [2.24, 2.45) is 16.8 Å². The lowest BCUT2D eigenvalue weighted by molar-refractivity contribution is -0.164. The van der Waals surface area contributed by atoms with Gasteiger partial charge in [-0.3, -0.25) is 33.5 Å². The Morgan fingerprint density at radius 1 is 0.887 bits per heavy atom. The average molecular weight is 947 g/mol. The molecule has 340 valence electrons. The molecule has 4 aromatic rings. The second-order valence-electron chi connectivity index (χ2n) is 15.9. The van der Waals surface area contributed by atoms with E-state index in [1.807, 2.05) is 39.8 Å². The Morgan fingerprint density at radius 2 is 1.45 bits per heavy atom. The van der Waals surface area contributed by atoms with Crippen molar-refractivity contribution in [1.82, 2.24) is 29.1 Å². The first-order valence-corrected chi connectivity index (χ1v) is 21.3. The number of aromatic nitrogens is 6. The molecule has 0 amide bonds. The van der Waals surface area contributed by atoms with Crippen molar-refractivity contribution < 1.29 is 44.1 Å². The Labute approximate surface area is 372 Å². The van der Waals surface area contributed by atoms with E-state index in [9.17, 15) is 29.7 Å². The van der Waals surface area contributed by atoms with Gasteiger partial charge >= 0.3 is 9.75 Å². The molecule has 25 heteroatoms. The minimum atomic E-state index is -1.44. The highest BCUT2D eigenvalue weighted by atomic mass is 35.5. The van der Waals surface area contributed by atoms with E-state index in [0.717, 1.165) is 15.9 Å². The number of ether oxygens (including phenoxy) is 5. The number of aliphatic imine (C=N–C) groups is 1. The maximum absolute atomic E-state index is 12.8. The van der Waals surface area contributed by atoms with E-state index in [2.05, 4.69) is 43.4 Å². The number of nitrogens with one attached hydrogen (secondary N) is 2. The van der Waals surface area contributed by atoms with Gasteiger partial charge < -0.3 is 55.2 Å². The fraction of sp³-hybridized carbons (Fsp3) is 0.595. The van der Waals surface area contributed by atoms with Gasteiger partial charge in [0.15, 0.2) is 34.2 Å². The Morgan fingerprint density at radius 3 is 2.06 bits per heavy atom. The van der Waals surface area contributed by atoms with Crippen LogP contribution >= 0.6 is 46.7 Å². The molecule has 9 rings (SSSR count). The van der Waals surface area contributed by atoms with Crippen molar-refractivity contribution in [3.63, 3.8) is 0 Å². The van der Waals surface area contributed by atoms with Crippen LogP contribution in [0.15, 0.2) is 44.7 Å². The number of nitrogens with two attached hydrogens (primary N) is 1. The van der Waals surface area contributed by atoms with Crippen LogP contribution in [0.25, 0.3) is 20.7 Å². The number of hydrogen-bond acceptors (Lipinski definition) is 19. The van der Waals surface area contributed by atoms with Gasteiger partial charge in [-0.2, -0.15) is 15.0 Å². The predicted octanol–water partition coefficient (Wildman–Crippen LogP) is 1.68. The summed E-state index contributed by atoms with van der Waals surface area (Å²) in [5.41, 5.74) is 5.31. The highest BCUT2D eigenvalue weighted by molar-refractivity contribution is 7.17. The van der Waals surface area contributed by atoms with Gasteiger partial charge in [0.1, 0.15) is 39.9 Å². The molecule has 62 heavy (non-hydrogen) atoms. The largest absolute Gasteiger partial charge is 0.394 e. The molecule has 0 aromatic carbocycles. The first-order valence-electron chi connectivity index (χ1n) is 19.2. The molecule has 2 aliphatic carbocycles. The number of aromatic amines is 1. The van der Waals surface area contributed by atoms with Crippen LogP contribution in [0, 0.1) is 11.8 Å². The van der Waals surface area contributed by atoms with Gasteiger partial charge in [-0.05, 0) is 40.5 Å². The monoisotopic (exact) mass is 945 g/mol. The van der Waals surface area contributed by atoms with Gasteiger partial charge in [0.2, 0.25) is 11.9 Å². The smallest absolute Gasteiger partial charge is 0.311 e. The van der Waals surface area contributed by atoms with Crippen molar-refractivity contribution in [3.05, 3.63) is 60.2 Å². The van der Waals surface area contributed by atoms with Crippen LogP contribution in [-0.4, -0.2) is 130 Å². The summed E-state index contributed by atoms with van der Waals surface area (Å²) in [4.78, 5) is 54.5. The molecule has 5 aliphatic rings. The Bertz CT molecular complexity index is 2510. The summed E-state index contributed by atoms with van der Waals surface area (Å²) in [5.74, 6) is -0.860. The average Bonchev–Trinajstić information content (AvgIpc) is 4.05. The normalized spacial score (nSPS) is 32.7. The number of nitrogen functional groups attached to an aromatic ring is 1. The molecule has 8 N–H and O–H groups in total. The van der Waals surface area contributed by atoms with Crippen LogP contribution in [0.5, 0.6) is 0 Å². The zero-order chi connectivity index (χ0) is 44.3. The number of H-pyrrole nitrogens is 1. The summed E-state index contributed by atoms with van der Waals surface area (Å²) in [7, 11) is 1.63. The van der Waals surface area contributed by atoms with E-state index in [4.69, 9.17) is 46.1 Å². The predicted molar refractivity (Wildman–Crippen MR) is 233 cm³/mol. The highest BCUT2D eigenvalue weighted by Gasteiger charge is 2.55. The van der Waals surface area contributed by atoms with Gasteiger partial charge in [0.05, 0.1) is 37.3 Å². The van der Waals surface area contributed by atoms with E-state index in [-0.39, 0.29) is 87.0 Å². The summed E-state index contributed by atoms with van der Waals surface area (Å²) in [6.45, 7) is 14.6. The number of rotatable bonds is 7. The van der Waals surface area contributed by atoms with Crippen molar-refractivity contribution in [1.29, 1.82) is 0 Å². The molecule has 7 heterocycles. The summed E-state index contributed by atoms with van der Waals surface area (Å²) in [5, 5.41) is 41.5. The fourth-order valence-electron chi connectivity index (χ4n) is 8.33. The Kier molecular flexibility index (Phi) is 14.2. The fourth-order valence-corrected chi connectivity index (χ4v) is 10.3. The second kappa shape index (κ2) is 18.4. The van der Waals surface area contributed by atoms with Crippen molar-refractivity contribution in [3.8, 4) is 0 Å². The number of nitrogens with zero attached hydrogens (tertiary/aromatic N) is 6. The van der Waals surface area contributed by atoms with E-state index in [1.54, 1.807) is 11.6 Å². The Hall–Kier alpha value is -3.69. The molecule has 0 radical (unpaired) electrons. The quantitative estimate of drug-likeness (QED) is 0.0600. The van der Waals surface area contributed by atoms with E-state index >= 15 is 0 Å². The number of aliphatic hydroxyl groups excluding tert-OH is 4. The molecule has 3 saturated heterocycles. The molecular formula is C37H49Cl2N9O12S2. The lowest BCUT2D eigenvalue weighted by Crippen LogP contribution is -2.34. The molecule has 2 saturated carbocycles. The van der Waals surface area contributed by atoms with Crippen molar-refractivity contribution in [2.75, 3.05) is 24.7 Å². The topological polar surface area (TPSA) is 293 Å². The molecule has 3 aliphatic heterocycles. The maximum atomic E-state index is 12.8. The number of halogens is 2. The van der Waals surface area contributed by atoms with Crippen LogP contribution in [0.4, 0.5) is 11.9 Å². The van der Waals surface area contributed by atoms with Crippen LogP contribution < -0.4 is 26.4 Å². The summed E-state index contributed by atoms with van der Waals surface area (Å²) in [6.07, 6.45) is 0.466. The Balaban J connectivity index is 0.000000163. The molecule has 0 bridgehead atoms. The van der Waals surface area contributed by atoms with Crippen LogP contribution in [-0.2, 0) is 23.7 Å². The molecule has 3 unspecified atom stereocenters. The molecule has 5 fully saturated rings. The van der Waals surface area contributed by atoms with Crippen LogP contribution in [0.3, 0.4) is 0 Å². The molecular weight excluding hydrogens is 897 g/mol. The second-order valence-corrected chi connectivity index (χ2v) is 18.1. The highest BCUT2D eigenvalue weighted by Crippen LogP contribution is 2.48. The third kappa shape index (κ3) is 9.01. The molecule has 12 atom stereocenters. The molecule has 0 spiro atoms. The van der Waals surface area contributed by atoms with Crippen LogP contribution in [0.1, 0.15) is 52.8 Å². The van der Waals surface area contributed by atoms with Crippen molar-refractivity contribution >= 4 is 85.6 Å². The van der Waals surface area contributed by atoms with Gasteiger partial charge in [0, 0.05) is 18.9 Å². The number of thiazole rings is 2. The first kappa shape index (κ1) is 47.8. The minimum Gasteiger partial charge on any atom is -0.394 e. The van der Waals surface area contributed by atoms with Gasteiger partial charge in [-0.15, -0.1) is 25.6 Å². The number of anilines is 2.